The zero-order chi connectivity index (χ0) is 38.8. The van der Waals surface area contributed by atoms with E-state index in [9.17, 15) is 5.26 Å². The van der Waals surface area contributed by atoms with Crippen LogP contribution in [0.2, 0.25) is 6.55 Å². The van der Waals surface area contributed by atoms with Crippen molar-refractivity contribution in [1.29, 1.82) is 5.26 Å². The molecule has 0 atom stereocenters. The molecule has 3 aromatic heterocycles. The van der Waals surface area contributed by atoms with E-state index in [0.717, 1.165) is 21.6 Å². The van der Waals surface area contributed by atoms with E-state index in [1.807, 2.05) is 115 Å². The molecule has 0 saturated heterocycles. The summed E-state index contributed by atoms with van der Waals surface area (Å²) in [5, 5.41) is 13.6. The predicted molar refractivity (Wildman–Crippen MR) is 202 cm³/mol. The van der Waals surface area contributed by atoms with E-state index in [-0.39, 0.29) is 42.4 Å². The molecule has 0 saturated carbocycles. The van der Waals surface area contributed by atoms with Crippen molar-refractivity contribution in [2.45, 2.75) is 20.3 Å². The molecule has 50 heavy (non-hydrogen) atoms. The van der Waals surface area contributed by atoms with Crippen molar-refractivity contribution in [2.24, 2.45) is 0 Å². The smallest absolute Gasteiger partial charge is 0.144 e. The van der Waals surface area contributed by atoms with Gasteiger partial charge in [0.05, 0.1) is 17.2 Å². The first-order valence-corrected chi connectivity index (χ1v) is 18.2. The summed E-state index contributed by atoms with van der Waals surface area (Å²) in [6, 6.07) is 50.4. The molecule has 5 aromatic carbocycles. The first-order valence-electron chi connectivity index (χ1n) is 18.7. The molecule has 8 rings (SSSR count). The summed E-state index contributed by atoms with van der Waals surface area (Å²) in [7, 11) is -2.90. The average Bonchev–Trinajstić information content (AvgIpc) is 3.59. The van der Waals surface area contributed by atoms with Gasteiger partial charge in [0, 0.05) is 51.7 Å². The van der Waals surface area contributed by atoms with Crippen LogP contribution in [0.4, 0.5) is 0 Å². The Morgan fingerprint density at radius 2 is 1.44 bits per heavy atom. The maximum atomic E-state index is 9.64. The summed E-state index contributed by atoms with van der Waals surface area (Å²) in [5.74, 6) is 0. The van der Waals surface area contributed by atoms with Gasteiger partial charge < -0.3 is 14.4 Å². The third-order valence-corrected chi connectivity index (χ3v) is 13.2. The normalized spacial score (nSPS) is 13.2. The third kappa shape index (κ3) is 6.47. The van der Waals surface area contributed by atoms with E-state index >= 15 is 0 Å². The molecule has 3 heterocycles. The summed E-state index contributed by atoms with van der Waals surface area (Å²) in [4.78, 5) is 8.83. The monoisotopic (exact) mass is 846 g/mol. The minimum Gasteiger partial charge on any atom is -0.500 e. The summed E-state index contributed by atoms with van der Waals surface area (Å²) in [5.41, 5.74) is 3.47. The van der Waals surface area contributed by atoms with Gasteiger partial charge in [-0.05, 0) is 53.2 Å². The maximum Gasteiger partial charge on any atom is 0.144 e. The van der Waals surface area contributed by atoms with Crippen LogP contribution >= 0.6 is 0 Å². The Morgan fingerprint density at radius 3 is 2.08 bits per heavy atom. The third-order valence-electron chi connectivity index (χ3n) is 8.77. The number of rotatable bonds is 5. The molecule has 8 aromatic rings. The zero-order valence-electron chi connectivity index (χ0n) is 32.9. The summed E-state index contributed by atoms with van der Waals surface area (Å²) in [6.07, 6.45) is 3.21. The first kappa shape index (κ1) is 27.4. The number of furan rings is 1. The number of aromatic nitrogens is 2. The number of fused-ring (bicyclic) bond motifs is 3. The van der Waals surface area contributed by atoms with Crippen LogP contribution in [-0.4, -0.2) is 18.0 Å². The average molecular weight is 846 g/mol. The molecule has 0 fully saturated rings. The molecule has 0 N–H and O–H groups in total. The van der Waals surface area contributed by atoms with Gasteiger partial charge in [0.1, 0.15) is 13.7 Å². The van der Waals surface area contributed by atoms with E-state index < -0.39 is 21.8 Å². The molecule has 245 valence electrons. The van der Waals surface area contributed by atoms with Gasteiger partial charge in [-0.1, -0.05) is 108 Å². The van der Waals surface area contributed by atoms with Crippen LogP contribution < -0.4 is 15.6 Å². The van der Waals surface area contributed by atoms with Crippen LogP contribution in [0.25, 0.3) is 44.5 Å². The van der Waals surface area contributed by atoms with E-state index in [1.54, 1.807) is 24.4 Å². The largest absolute Gasteiger partial charge is 0.500 e. The van der Waals surface area contributed by atoms with E-state index in [4.69, 9.17) is 12.6 Å². The van der Waals surface area contributed by atoms with Crippen molar-refractivity contribution in [2.75, 3.05) is 0 Å². The fraction of sp³-hybridized carbons (Fsp3) is 0.0682. The SMILES string of the molecule is [2H]C([2H])([2H])c1cnc(-c2[c-]ccc3c2oc2c(C([2H])([2H])[2H])c(C#N)ccc23)cc1[Si](C)(c1ccccc1)c1ccccc1.[Ir].[c-]1ccccc1-c1ccccn1. The molecule has 0 aliphatic carbocycles. The fourth-order valence-electron chi connectivity index (χ4n) is 6.19. The minimum absolute atomic E-state index is 0. The summed E-state index contributed by atoms with van der Waals surface area (Å²) >= 11 is 0. The molecule has 4 nitrogen and oxygen atoms in total. The predicted octanol–water partition coefficient (Wildman–Crippen LogP) is 8.58. The van der Waals surface area contributed by atoms with Crippen LogP contribution in [-0.2, 0) is 20.1 Å². The van der Waals surface area contributed by atoms with Crippen LogP contribution in [0.1, 0.15) is 24.9 Å². The molecular formula is C44H33IrN3OSi-2. The maximum absolute atomic E-state index is 9.64. The summed E-state index contributed by atoms with van der Waals surface area (Å²) < 4.78 is 55.8. The number of nitriles is 1. The second kappa shape index (κ2) is 15.0. The van der Waals surface area contributed by atoms with Gasteiger partial charge in [-0.25, -0.2) is 0 Å². The molecule has 0 bridgehead atoms. The standard InChI is InChI=1S/C33H25N2OSi.C11H8N.Ir/c1-22-21-35-30(19-31(22)37(3,25-11-6-4-7-12-25)26-13-8-5-9-14-26)29-16-10-15-27-28-18-17-24(20-34)23(2)32(28)36-33(27)29;1-2-6-10(7-3-1)11-8-4-5-9-12-11;/h4-15,17-19,21H,1-3H3;1-6,8-9H;/q2*-1;/i1D3,2D3;;. The molecule has 0 aliphatic rings. The Kier molecular flexibility index (Phi) is 8.21. The van der Waals surface area contributed by atoms with Crippen molar-refractivity contribution in [3.63, 3.8) is 0 Å². The number of aryl methyl sites for hydroxylation is 2. The zero-order valence-corrected chi connectivity index (χ0v) is 30.3. The second-order valence-corrected chi connectivity index (χ2v) is 15.6. The van der Waals surface area contributed by atoms with Crippen molar-refractivity contribution < 1.29 is 32.7 Å². The van der Waals surface area contributed by atoms with E-state index in [0.29, 0.717) is 32.8 Å². The quantitative estimate of drug-likeness (QED) is 0.129. The molecule has 0 unspecified atom stereocenters. The molecule has 0 amide bonds. The molecular weight excluding hydrogens is 807 g/mol. The summed E-state index contributed by atoms with van der Waals surface area (Å²) in [6.45, 7) is -2.85. The van der Waals surface area contributed by atoms with Gasteiger partial charge in [-0.2, -0.15) is 5.26 Å². The van der Waals surface area contributed by atoms with Gasteiger partial charge in [0.2, 0.25) is 0 Å². The second-order valence-electron chi connectivity index (χ2n) is 11.6. The minimum atomic E-state index is -2.90. The molecule has 0 aliphatic heterocycles. The first-order chi connectivity index (χ1) is 26.4. The van der Waals surface area contributed by atoms with Crippen LogP contribution in [0, 0.1) is 37.2 Å². The van der Waals surface area contributed by atoms with Crippen molar-refractivity contribution >= 4 is 45.6 Å². The van der Waals surface area contributed by atoms with Crippen molar-refractivity contribution in [1.82, 2.24) is 9.97 Å². The Balaban J connectivity index is 0.000000348. The number of benzene rings is 5. The van der Waals surface area contributed by atoms with Gasteiger partial charge in [-0.3, -0.25) is 0 Å². The molecule has 0 spiro atoms. The number of pyridine rings is 2. The Bertz CT molecular complexity index is 2570. The molecule has 1 radical (unpaired) electrons. The van der Waals surface area contributed by atoms with Gasteiger partial charge >= 0.3 is 0 Å². The Morgan fingerprint density at radius 1 is 0.720 bits per heavy atom. The Labute approximate surface area is 315 Å². The van der Waals surface area contributed by atoms with Gasteiger partial charge in [0.25, 0.3) is 0 Å². The number of hydrogen-bond donors (Lipinski definition) is 0. The number of hydrogen-bond acceptors (Lipinski definition) is 4. The van der Waals surface area contributed by atoms with Crippen molar-refractivity contribution in [3.05, 3.63) is 175 Å². The van der Waals surface area contributed by atoms with Gasteiger partial charge in [-0.15, -0.1) is 54.1 Å². The van der Waals surface area contributed by atoms with Crippen LogP contribution in [0.5, 0.6) is 0 Å². The van der Waals surface area contributed by atoms with Crippen LogP contribution in [0.3, 0.4) is 0 Å². The van der Waals surface area contributed by atoms with Crippen LogP contribution in [0.15, 0.2) is 150 Å². The van der Waals surface area contributed by atoms with E-state index in [2.05, 4.69) is 28.6 Å². The van der Waals surface area contributed by atoms with E-state index in [1.165, 1.54) is 12.3 Å². The van der Waals surface area contributed by atoms with Crippen molar-refractivity contribution in [3.8, 4) is 28.6 Å². The molecule has 6 heteroatoms. The Hall–Kier alpha value is -5.44. The fourth-order valence-corrected chi connectivity index (χ4v) is 9.89. The topological polar surface area (TPSA) is 62.7 Å². The number of nitrogens with zero attached hydrogens (tertiary/aromatic N) is 3. The van der Waals surface area contributed by atoms with Gasteiger partial charge in [0.15, 0.2) is 0 Å².